The molecular formula is C19H29N3O4S. The van der Waals surface area contributed by atoms with Crippen molar-refractivity contribution in [2.45, 2.75) is 25.8 Å². The van der Waals surface area contributed by atoms with Crippen LogP contribution in [0.25, 0.3) is 0 Å². The number of sulfone groups is 1. The van der Waals surface area contributed by atoms with Crippen molar-refractivity contribution in [3.63, 3.8) is 0 Å². The molecular weight excluding hydrogens is 366 g/mol. The Bertz CT molecular complexity index is 760. The van der Waals surface area contributed by atoms with E-state index in [1.165, 1.54) is 0 Å². The molecule has 1 saturated heterocycles. The molecule has 0 bridgehead atoms. The van der Waals surface area contributed by atoms with Gasteiger partial charge in [0.1, 0.15) is 0 Å². The third-order valence-corrected chi connectivity index (χ3v) is 6.45. The number of carbonyl (C=O) groups is 2. The fourth-order valence-electron chi connectivity index (χ4n) is 3.05. The highest BCUT2D eigenvalue weighted by Crippen LogP contribution is 2.18. The van der Waals surface area contributed by atoms with Crippen LogP contribution in [0, 0.1) is 6.92 Å². The van der Waals surface area contributed by atoms with Crippen LogP contribution in [0.3, 0.4) is 0 Å². The van der Waals surface area contributed by atoms with Gasteiger partial charge in [-0.15, -0.1) is 0 Å². The summed E-state index contributed by atoms with van der Waals surface area (Å²) in [5.41, 5.74) is 1.71. The van der Waals surface area contributed by atoms with Crippen molar-refractivity contribution in [3.05, 3.63) is 35.4 Å². The molecule has 1 unspecified atom stereocenters. The lowest BCUT2D eigenvalue weighted by molar-refractivity contribution is 0.0982. The monoisotopic (exact) mass is 395 g/mol. The lowest BCUT2D eigenvalue weighted by atomic mass is 10.1. The molecule has 0 spiro atoms. The van der Waals surface area contributed by atoms with E-state index >= 15 is 0 Å². The van der Waals surface area contributed by atoms with Gasteiger partial charge in [-0.1, -0.05) is 29.8 Å². The first-order chi connectivity index (χ1) is 12.7. The summed E-state index contributed by atoms with van der Waals surface area (Å²) in [4.78, 5) is 28.4. The Labute approximate surface area is 161 Å². The first-order valence-electron chi connectivity index (χ1n) is 9.17. The molecule has 0 aromatic heterocycles. The molecule has 0 saturated carbocycles. The van der Waals surface area contributed by atoms with E-state index in [0.717, 1.165) is 5.56 Å². The summed E-state index contributed by atoms with van der Waals surface area (Å²) < 4.78 is 23.6. The van der Waals surface area contributed by atoms with Crippen LogP contribution in [0.1, 0.15) is 28.8 Å². The Morgan fingerprint density at radius 2 is 1.81 bits per heavy atom. The molecule has 1 aliphatic heterocycles. The number of amides is 2. The molecule has 7 nitrogen and oxygen atoms in total. The number of urea groups is 1. The number of nitrogens with zero attached hydrogens (tertiary/aromatic N) is 2. The first-order valence-corrected chi connectivity index (χ1v) is 11.0. The van der Waals surface area contributed by atoms with E-state index in [2.05, 4.69) is 5.32 Å². The molecule has 150 valence electrons. The predicted octanol–water partition coefficient (Wildman–Crippen LogP) is 1.33. The van der Waals surface area contributed by atoms with Gasteiger partial charge in [0.2, 0.25) is 0 Å². The number of benzene rings is 1. The third kappa shape index (κ3) is 6.62. The first kappa shape index (κ1) is 21.4. The summed E-state index contributed by atoms with van der Waals surface area (Å²) in [6.07, 6.45) is 0.671. The van der Waals surface area contributed by atoms with Crippen LogP contribution < -0.4 is 5.32 Å². The standard InChI is InChI=1S/C19H29N3O4S/c1-15-4-6-16(7-5-15)18(23)8-10-20-19(24)22(12-11-21(2)3)17-9-13-27(25,26)14-17/h4-7,17H,8-14H2,1-3H3,(H,20,24). The van der Waals surface area contributed by atoms with E-state index in [1.807, 2.05) is 38.1 Å². The number of aryl methyl sites for hydroxylation is 1. The highest BCUT2D eigenvalue weighted by molar-refractivity contribution is 7.91. The van der Waals surface area contributed by atoms with Crippen LogP contribution in [0.15, 0.2) is 24.3 Å². The molecule has 8 heteroatoms. The number of ketones is 1. The zero-order valence-corrected chi connectivity index (χ0v) is 17.1. The number of carbonyl (C=O) groups excluding carboxylic acids is 2. The van der Waals surface area contributed by atoms with Gasteiger partial charge in [-0.05, 0) is 27.4 Å². The van der Waals surface area contributed by atoms with Gasteiger partial charge in [0, 0.05) is 37.7 Å². The number of hydrogen-bond donors (Lipinski definition) is 1. The minimum absolute atomic E-state index is 0.0101. The van der Waals surface area contributed by atoms with Crippen LogP contribution in [0.4, 0.5) is 4.79 Å². The predicted molar refractivity (Wildman–Crippen MR) is 106 cm³/mol. The molecule has 1 heterocycles. The van der Waals surface area contributed by atoms with Crippen molar-refractivity contribution in [2.24, 2.45) is 0 Å². The summed E-state index contributed by atoms with van der Waals surface area (Å²) in [6, 6.07) is 6.72. The average molecular weight is 396 g/mol. The lowest BCUT2D eigenvalue weighted by Gasteiger charge is -2.29. The van der Waals surface area contributed by atoms with Gasteiger partial charge in [-0.25, -0.2) is 13.2 Å². The molecule has 1 aliphatic rings. The maximum Gasteiger partial charge on any atom is 0.317 e. The van der Waals surface area contributed by atoms with Crippen molar-refractivity contribution in [2.75, 3.05) is 45.2 Å². The minimum atomic E-state index is -3.08. The lowest BCUT2D eigenvalue weighted by Crippen LogP contribution is -2.49. The van der Waals surface area contributed by atoms with Crippen LogP contribution in [-0.4, -0.2) is 81.3 Å². The summed E-state index contributed by atoms with van der Waals surface area (Å²) >= 11 is 0. The zero-order valence-electron chi connectivity index (χ0n) is 16.3. The van der Waals surface area contributed by atoms with Crippen LogP contribution in [-0.2, 0) is 9.84 Å². The molecule has 1 N–H and O–H groups in total. The minimum Gasteiger partial charge on any atom is -0.338 e. The number of Topliss-reactive ketones (excluding diaryl/α,β-unsaturated/α-hetero) is 1. The largest absolute Gasteiger partial charge is 0.338 e. The van der Waals surface area contributed by atoms with Crippen molar-refractivity contribution in [1.82, 2.24) is 15.1 Å². The zero-order chi connectivity index (χ0) is 20.0. The fraction of sp³-hybridized carbons (Fsp3) is 0.579. The Balaban J connectivity index is 1.90. The molecule has 0 aliphatic carbocycles. The van der Waals surface area contributed by atoms with Gasteiger partial charge in [-0.2, -0.15) is 0 Å². The highest BCUT2D eigenvalue weighted by Gasteiger charge is 2.34. The molecule has 1 aromatic rings. The number of hydrogen-bond acceptors (Lipinski definition) is 5. The Hall–Kier alpha value is -1.93. The Kier molecular flexibility index (Phi) is 7.38. The van der Waals surface area contributed by atoms with Gasteiger partial charge in [-0.3, -0.25) is 4.79 Å². The molecule has 2 rings (SSSR count). The van der Waals surface area contributed by atoms with E-state index < -0.39 is 9.84 Å². The van der Waals surface area contributed by atoms with Crippen molar-refractivity contribution >= 4 is 21.7 Å². The molecule has 1 atom stereocenters. The van der Waals surface area contributed by atoms with Crippen molar-refractivity contribution in [3.8, 4) is 0 Å². The number of likely N-dealkylation sites (N-methyl/N-ethyl adjacent to an activating group) is 1. The molecule has 27 heavy (non-hydrogen) atoms. The van der Waals surface area contributed by atoms with Gasteiger partial charge < -0.3 is 15.1 Å². The van der Waals surface area contributed by atoms with Gasteiger partial charge >= 0.3 is 6.03 Å². The van der Waals surface area contributed by atoms with Gasteiger partial charge in [0.05, 0.1) is 11.5 Å². The second kappa shape index (κ2) is 9.32. The summed E-state index contributed by atoms with van der Waals surface area (Å²) in [6.45, 7) is 3.28. The quantitative estimate of drug-likeness (QED) is 0.671. The molecule has 2 amide bonds. The van der Waals surface area contributed by atoms with E-state index in [0.29, 0.717) is 25.1 Å². The van der Waals surface area contributed by atoms with Crippen LogP contribution >= 0.6 is 0 Å². The van der Waals surface area contributed by atoms with Crippen LogP contribution in [0.5, 0.6) is 0 Å². The Morgan fingerprint density at radius 3 is 2.37 bits per heavy atom. The van der Waals surface area contributed by atoms with Crippen LogP contribution in [0.2, 0.25) is 0 Å². The molecule has 0 radical (unpaired) electrons. The molecule has 1 fully saturated rings. The number of nitrogens with one attached hydrogen (secondary N) is 1. The number of rotatable bonds is 8. The SMILES string of the molecule is Cc1ccc(C(=O)CCNC(=O)N(CCN(C)C)C2CCS(=O)(=O)C2)cc1. The summed E-state index contributed by atoms with van der Waals surface area (Å²) in [7, 11) is 0.733. The third-order valence-electron chi connectivity index (χ3n) is 4.70. The van der Waals surface area contributed by atoms with E-state index in [4.69, 9.17) is 0 Å². The summed E-state index contributed by atoms with van der Waals surface area (Å²) in [5, 5.41) is 2.78. The summed E-state index contributed by atoms with van der Waals surface area (Å²) in [5.74, 6) is 0.101. The van der Waals surface area contributed by atoms with E-state index in [-0.39, 0.29) is 42.3 Å². The van der Waals surface area contributed by atoms with E-state index in [9.17, 15) is 18.0 Å². The molecule has 1 aromatic carbocycles. The second-order valence-electron chi connectivity index (χ2n) is 7.32. The maximum atomic E-state index is 12.6. The fourth-order valence-corrected chi connectivity index (χ4v) is 4.78. The Morgan fingerprint density at radius 1 is 1.15 bits per heavy atom. The topological polar surface area (TPSA) is 86.8 Å². The highest BCUT2D eigenvalue weighted by atomic mass is 32.2. The normalized spacial score (nSPS) is 18.4. The maximum absolute atomic E-state index is 12.6. The van der Waals surface area contributed by atoms with Gasteiger partial charge in [0.25, 0.3) is 0 Å². The van der Waals surface area contributed by atoms with Gasteiger partial charge in [0.15, 0.2) is 15.6 Å². The average Bonchev–Trinajstić information content (AvgIpc) is 2.95. The van der Waals surface area contributed by atoms with Crippen molar-refractivity contribution in [1.29, 1.82) is 0 Å². The second-order valence-corrected chi connectivity index (χ2v) is 9.55. The smallest absolute Gasteiger partial charge is 0.317 e. The van der Waals surface area contributed by atoms with Crippen molar-refractivity contribution < 1.29 is 18.0 Å². The van der Waals surface area contributed by atoms with E-state index in [1.54, 1.807) is 17.0 Å².